The van der Waals surface area contributed by atoms with Crippen molar-refractivity contribution in [3.8, 4) is 0 Å². The van der Waals surface area contributed by atoms with Crippen LogP contribution in [0.3, 0.4) is 0 Å². The van der Waals surface area contributed by atoms with Gasteiger partial charge in [0.1, 0.15) is 5.82 Å². The number of likely N-dealkylation sites (N-methyl/N-ethyl adjacent to an activating group) is 1. The molecule has 0 radical (unpaired) electrons. The maximum Gasteiger partial charge on any atom is 0.254 e. The number of halogens is 2. The molecule has 0 fully saturated rings. The van der Waals surface area contributed by atoms with Crippen molar-refractivity contribution in [3.63, 3.8) is 0 Å². The van der Waals surface area contributed by atoms with Crippen LogP contribution in [0.25, 0.3) is 0 Å². The average molecular weight is 289 g/mol. The summed E-state index contributed by atoms with van der Waals surface area (Å²) in [4.78, 5) is 13.4. The zero-order valence-corrected chi connectivity index (χ0v) is 10.8. The van der Waals surface area contributed by atoms with Gasteiger partial charge in [0.25, 0.3) is 5.91 Å². The van der Waals surface area contributed by atoms with Crippen LogP contribution in [-0.2, 0) is 0 Å². The highest BCUT2D eigenvalue weighted by Gasteiger charge is 2.17. The second-order valence-electron chi connectivity index (χ2n) is 3.66. The molecule has 0 bridgehead atoms. The maximum atomic E-state index is 13.1. The Morgan fingerprint density at radius 1 is 1.56 bits per heavy atom. The Morgan fingerprint density at radius 3 is 2.69 bits per heavy atom. The number of amides is 1. The molecule has 1 aromatic carbocycles. The lowest BCUT2D eigenvalue weighted by molar-refractivity contribution is 0.0748. The molecule has 1 unspecified atom stereocenters. The highest BCUT2D eigenvalue weighted by atomic mass is 79.9. The number of carbonyl (C=O) groups excluding carboxylic acids is 1. The van der Waals surface area contributed by atoms with Crippen molar-refractivity contribution < 1.29 is 9.18 Å². The fraction of sp³-hybridized carbons (Fsp3) is 0.364. The summed E-state index contributed by atoms with van der Waals surface area (Å²) < 4.78 is 13.7. The van der Waals surface area contributed by atoms with Crippen LogP contribution in [0, 0.1) is 5.82 Å². The van der Waals surface area contributed by atoms with Crippen LogP contribution in [-0.4, -0.2) is 30.4 Å². The molecule has 0 aliphatic heterocycles. The minimum absolute atomic E-state index is 0.0745. The number of nitrogens with zero attached hydrogens (tertiary/aromatic N) is 1. The van der Waals surface area contributed by atoms with Crippen molar-refractivity contribution in [3.05, 3.63) is 34.1 Å². The molecule has 0 saturated carbocycles. The fourth-order valence-corrected chi connectivity index (χ4v) is 1.70. The number of hydrogen-bond acceptors (Lipinski definition) is 2. The van der Waals surface area contributed by atoms with Gasteiger partial charge >= 0.3 is 0 Å². The molecule has 0 aliphatic carbocycles. The van der Waals surface area contributed by atoms with Crippen LogP contribution in [0.1, 0.15) is 17.3 Å². The summed E-state index contributed by atoms with van der Waals surface area (Å²) in [6.07, 6.45) is 0. The predicted molar refractivity (Wildman–Crippen MR) is 64.7 cm³/mol. The minimum Gasteiger partial charge on any atom is -0.338 e. The van der Waals surface area contributed by atoms with Crippen molar-refractivity contribution in [1.29, 1.82) is 0 Å². The van der Waals surface area contributed by atoms with Crippen molar-refractivity contribution in [1.82, 2.24) is 4.90 Å². The molecule has 1 aromatic rings. The second kappa shape index (κ2) is 5.41. The van der Waals surface area contributed by atoms with E-state index in [0.29, 0.717) is 16.6 Å². The van der Waals surface area contributed by atoms with Gasteiger partial charge in [-0.15, -0.1) is 0 Å². The minimum atomic E-state index is -0.438. The molecule has 0 heterocycles. The van der Waals surface area contributed by atoms with Crippen molar-refractivity contribution in [2.24, 2.45) is 5.73 Å². The first-order chi connectivity index (χ1) is 7.45. The molecule has 88 valence electrons. The standard InChI is InChI=1S/C11H14BrFN2O/c1-7(6-14)15(2)11(16)8-3-9(12)5-10(13)4-8/h3-5,7H,6,14H2,1-2H3. The Hall–Kier alpha value is -0.940. The zero-order valence-electron chi connectivity index (χ0n) is 9.21. The normalized spacial score (nSPS) is 12.3. The van der Waals surface area contributed by atoms with Crippen LogP contribution >= 0.6 is 15.9 Å². The van der Waals surface area contributed by atoms with Crippen LogP contribution < -0.4 is 5.73 Å². The van der Waals surface area contributed by atoms with Gasteiger partial charge in [-0.1, -0.05) is 15.9 Å². The van der Waals surface area contributed by atoms with E-state index in [4.69, 9.17) is 5.73 Å². The first kappa shape index (κ1) is 13.1. The summed E-state index contributed by atoms with van der Waals surface area (Å²) in [7, 11) is 1.65. The molecule has 0 saturated heterocycles. The molecule has 5 heteroatoms. The number of benzene rings is 1. The monoisotopic (exact) mass is 288 g/mol. The lowest BCUT2D eigenvalue weighted by Crippen LogP contribution is -2.39. The first-order valence-electron chi connectivity index (χ1n) is 4.89. The third kappa shape index (κ3) is 3.02. The number of nitrogens with two attached hydrogens (primary N) is 1. The van der Waals surface area contributed by atoms with Crippen LogP contribution in [0.5, 0.6) is 0 Å². The van der Waals surface area contributed by atoms with E-state index in [1.807, 2.05) is 6.92 Å². The fourth-order valence-electron chi connectivity index (χ4n) is 1.24. The third-order valence-corrected chi connectivity index (χ3v) is 2.89. The van der Waals surface area contributed by atoms with Gasteiger partial charge in [0.2, 0.25) is 0 Å². The molecule has 3 nitrogen and oxygen atoms in total. The number of hydrogen-bond donors (Lipinski definition) is 1. The molecule has 0 aromatic heterocycles. The van der Waals surface area contributed by atoms with E-state index in [9.17, 15) is 9.18 Å². The van der Waals surface area contributed by atoms with Gasteiger partial charge in [-0.3, -0.25) is 4.79 Å². The summed E-state index contributed by atoms with van der Waals surface area (Å²) in [5.74, 6) is -0.676. The Kier molecular flexibility index (Phi) is 4.44. The Morgan fingerprint density at radius 2 is 2.19 bits per heavy atom. The van der Waals surface area contributed by atoms with E-state index in [0.717, 1.165) is 0 Å². The highest BCUT2D eigenvalue weighted by molar-refractivity contribution is 9.10. The summed E-state index contributed by atoms with van der Waals surface area (Å²) in [5, 5.41) is 0. The highest BCUT2D eigenvalue weighted by Crippen LogP contribution is 2.16. The quantitative estimate of drug-likeness (QED) is 0.925. The molecule has 1 rings (SSSR count). The number of rotatable bonds is 3. The SMILES string of the molecule is CC(CN)N(C)C(=O)c1cc(F)cc(Br)c1. The first-order valence-corrected chi connectivity index (χ1v) is 5.68. The number of carbonyl (C=O) groups is 1. The average Bonchev–Trinajstić information content (AvgIpc) is 2.24. The molecular weight excluding hydrogens is 275 g/mol. The van der Waals surface area contributed by atoms with Gasteiger partial charge in [0.15, 0.2) is 0 Å². The topological polar surface area (TPSA) is 46.3 Å². The van der Waals surface area contributed by atoms with E-state index in [2.05, 4.69) is 15.9 Å². The van der Waals surface area contributed by atoms with Gasteiger partial charge in [-0.2, -0.15) is 0 Å². The maximum absolute atomic E-state index is 13.1. The summed E-state index contributed by atoms with van der Waals surface area (Å²) in [6.45, 7) is 2.21. The third-order valence-electron chi connectivity index (χ3n) is 2.43. The van der Waals surface area contributed by atoms with Crippen LogP contribution in [0.2, 0.25) is 0 Å². The van der Waals surface area contributed by atoms with E-state index in [1.54, 1.807) is 13.1 Å². The van der Waals surface area contributed by atoms with E-state index < -0.39 is 5.82 Å². The van der Waals surface area contributed by atoms with Crippen LogP contribution in [0.15, 0.2) is 22.7 Å². The Bertz CT molecular complexity index is 377. The molecule has 16 heavy (non-hydrogen) atoms. The molecule has 2 N–H and O–H groups in total. The van der Waals surface area contributed by atoms with Crippen LogP contribution in [0.4, 0.5) is 4.39 Å². The van der Waals surface area contributed by atoms with Crippen molar-refractivity contribution in [2.45, 2.75) is 13.0 Å². The largest absolute Gasteiger partial charge is 0.338 e. The van der Waals surface area contributed by atoms with Gasteiger partial charge in [-0.25, -0.2) is 4.39 Å². The second-order valence-corrected chi connectivity index (χ2v) is 4.57. The molecule has 0 spiro atoms. The molecular formula is C11H14BrFN2O. The van der Waals surface area contributed by atoms with Gasteiger partial charge in [-0.05, 0) is 25.1 Å². The van der Waals surface area contributed by atoms with Gasteiger partial charge in [0, 0.05) is 29.7 Å². The lowest BCUT2D eigenvalue weighted by atomic mass is 10.1. The predicted octanol–water partition coefficient (Wildman–Crippen LogP) is 2.01. The molecule has 1 amide bonds. The summed E-state index contributed by atoms with van der Waals surface area (Å²) in [5.41, 5.74) is 5.79. The van der Waals surface area contributed by atoms with Crippen molar-refractivity contribution in [2.75, 3.05) is 13.6 Å². The Balaban J connectivity index is 2.96. The van der Waals surface area contributed by atoms with Gasteiger partial charge in [0.05, 0.1) is 0 Å². The molecule has 1 atom stereocenters. The van der Waals surface area contributed by atoms with E-state index in [1.165, 1.54) is 17.0 Å². The van der Waals surface area contributed by atoms with Gasteiger partial charge < -0.3 is 10.6 Å². The summed E-state index contributed by atoms with van der Waals surface area (Å²) in [6, 6.07) is 4.04. The summed E-state index contributed by atoms with van der Waals surface area (Å²) >= 11 is 3.15. The van der Waals surface area contributed by atoms with E-state index in [-0.39, 0.29) is 11.9 Å². The Labute approximate surface area is 103 Å². The molecule has 0 aliphatic rings. The lowest BCUT2D eigenvalue weighted by Gasteiger charge is -2.23. The zero-order chi connectivity index (χ0) is 12.3. The van der Waals surface area contributed by atoms with E-state index >= 15 is 0 Å². The smallest absolute Gasteiger partial charge is 0.254 e. The van der Waals surface area contributed by atoms with Crippen molar-refractivity contribution >= 4 is 21.8 Å².